The Balaban J connectivity index is 0.000000132. The van der Waals surface area contributed by atoms with E-state index in [0.717, 1.165) is 112 Å². The second-order valence-electron chi connectivity index (χ2n) is 35.1. The molecular formula is C120H116N4O20. The van der Waals surface area contributed by atoms with Crippen LogP contribution in [0.15, 0.2) is 336 Å². The van der Waals surface area contributed by atoms with E-state index in [0.29, 0.717) is 117 Å². The van der Waals surface area contributed by atoms with E-state index < -0.39 is 24.4 Å². The molecule has 0 aliphatic carbocycles. The van der Waals surface area contributed by atoms with E-state index in [1.807, 2.05) is 246 Å². The molecule has 144 heavy (non-hydrogen) atoms. The van der Waals surface area contributed by atoms with E-state index in [2.05, 4.69) is 117 Å². The van der Waals surface area contributed by atoms with Crippen molar-refractivity contribution in [2.45, 2.75) is 102 Å². The first-order valence-electron chi connectivity index (χ1n) is 47.4. The Kier molecular flexibility index (Phi) is 30.5. The van der Waals surface area contributed by atoms with Gasteiger partial charge in [0.1, 0.15) is 0 Å². The first kappa shape index (κ1) is 98.8. The first-order valence-corrected chi connectivity index (χ1v) is 47.4. The number of hydrogen-bond acceptors (Lipinski definition) is 24. The Hall–Kier alpha value is -16.8. The number of carbonyl (C=O) groups excluding carboxylic acids is 4. The molecule has 24 heteroatoms. The van der Waals surface area contributed by atoms with Crippen molar-refractivity contribution >= 4 is 48.2 Å². The molecule has 8 aliphatic rings. The van der Waals surface area contributed by atoms with Crippen LogP contribution in [0.2, 0.25) is 0 Å². The lowest BCUT2D eigenvalue weighted by Crippen LogP contribution is -2.34. The van der Waals surface area contributed by atoms with Crippen LogP contribution in [-0.2, 0) is 64.3 Å². The summed E-state index contributed by atoms with van der Waals surface area (Å²) in [7, 11) is 19.4. The number of methoxy groups -OCH3 is 12. The molecule has 0 unspecified atom stereocenters. The van der Waals surface area contributed by atoms with E-state index in [9.17, 15) is 19.2 Å². The van der Waals surface area contributed by atoms with Crippen LogP contribution >= 0.6 is 0 Å². The zero-order valence-electron chi connectivity index (χ0n) is 83.4. The predicted molar refractivity (Wildman–Crippen MR) is 552 cm³/mol. The molecule has 20 rings (SSSR count). The van der Waals surface area contributed by atoms with Gasteiger partial charge in [-0.2, -0.15) is 0 Å². The topological polar surface area (TPSA) is 229 Å². The molecule has 0 fully saturated rings. The smallest absolute Gasteiger partial charge is 0.336 e. The molecule has 0 N–H and O–H groups in total. The molecule has 24 nitrogen and oxygen atoms in total. The van der Waals surface area contributed by atoms with E-state index >= 15 is 0 Å². The largest absolute Gasteiger partial charge is 0.493 e. The van der Waals surface area contributed by atoms with Crippen LogP contribution < -0.4 is 56.8 Å². The van der Waals surface area contributed by atoms with Gasteiger partial charge in [0.2, 0.25) is 23.0 Å². The van der Waals surface area contributed by atoms with Gasteiger partial charge < -0.3 is 95.4 Å². The number of fused-ring (bicyclic) bond motifs is 8. The molecule has 736 valence electrons. The quantitative estimate of drug-likeness (QED) is 0.0404. The van der Waals surface area contributed by atoms with Crippen LogP contribution in [0, 0.1) is 0 Å². The summed E-state index contributed by atoms with van der Waals surface area (Å²) in [6.07, 6.45) is 13.6. The third-order valence-electron chi connectivity index (χ3n) is 27.0. The summed E-state index contributed by atoms with van der Waals surface area (Å²) in [5.41, 5.74) is 21.7. The van der Waals surface area contributed by atoms with Gasteiger partial charge in [0.25, 0.3) is 0 Å². The molecule has 0 radical (unpaired) electrons. The SMILES string of the molecule is COc1cc2c(c(OC)c1OC)[C@@H](c1ccccc1)N(Cc1ccccc1)C1=C(C)C(=O)O[C@H]1/C=C\2.COc1cc2c(c(OC)c1OC)[C@@H](c1ccccc1)N(Cc1ccccc1)C1=C(C)C(=O)O[C@H]1/C=C\2.COc1cc2c(c(OC)c1OC)[C@H](c1ccccc1)N(Cc1ccccc1)C1=C(C)C(=O)O[C@@H]1/C=C\2.COc1cc2c(c(OC)c1OC)[C@H](c1ccccc1)N(Cc1ccccc1)C1=C(C)C(=O)O[C@@H]1/C=C\2. The maximum atomic E-state index is 12.8. The second-order valence-corrected chi connectivity index (χ2v) is 35.1. The van der Waals surface area contributed by atoms with E-state index in [1.54, 1.807) is 85.3 Å². The van der Waals surface area contributed by atoms with Crippen molar-refractivity contribution in [2.24, 2.45) is 0 Å². The number of hydrogen-bond donors (Lipinski definition) is 0. The van der Waals surface area contributed by atoms with Gasteiger partial charge in [-0.15, -0.1) is 0 Å². The molecule has 0 saturated carbocycles. The minimum atomic E-state index is -0.500. The van der Waals surface area contributed by atoms with Crippen molar-refractivity contribution in [1.29, 1.82) is 0 Å². The fourth-order valence-corrected chi connectivity index (χ4v) is 20.5. The lowest BCUT2D eigenvalue weighted by molar-refractivity contribution is -0.139. The van der Waals surface area contributed by atoms with Gasteiger partial charge in [0.15, 0.2) is 70.4 Å². The molecule has 0 spiro atoms. The Labute approximate surface area is 840 Å². The Morgan fingerprint density at radius 3 is 0.549 bits per heavy atom. The van der Waals surface area contributed by atoms with Crippen molar-refractivity contribution in [3.8, 4) is 69.0 Å². The van der Waals surface area contributed by atoms with Crippen molar-refractivity contribution in [3.63, 3.8) is 0 Å². The van der Waals surface area contributed by atoms with Crippen LogP contribution in [0.5, 0.6) is 69.0 Å². The highest BCUT2D eigenvalue weighted by Gasteiger charge is 2.48. The number of carbonyl (C=O) groups is 4. The highest BCUT2D eigenvalue weighted by atomic mass is 16.6. The minimum Gasteiger partial charge on any atom is -0.493 e. The molecule has 8 heterocycles. The third-order valence-corrected chi connectivity index (χ3v) is 27.0. The maximum absolute atomic E-state index is 12.8. The van der Waals surface area contributed by atoms with Gasteiger partial charge in [-0.05, 0) is 143 Å². The lowest BCUT2D eigenvalue weighted by Gasteiger charge is -2.39. The zero-order chi connectivity index (χ0) is 101. The number of nitrogens with zero attached hydrogens (tertiary/aromatic N) is 4. The molecule has 0 saturated heterocycles. The second kappa shape index (κ2) is 44.4. The van der Waals surface area contributed by atoms with Gasteiger partial charge in [0.05, 0.1) is 155 Å². The summed E-state index contributed by atoms with van der Waals surface area (Å²) in [5.74, 6) is 5.47. The summed E-state index contributed by atoms with van der Waals surface area (Å²) in [4.78, 5) is 60.2. The maximum Gasteiger partial charge on any atom is 0.336 e. The van der Waals surface area contributed by atoms with E-state index in [4.69, 9.17) is 75.8 Å². The molecule has 0 bridgehead atoms. The van der Waals surface area contributed by atoms with Crippen LogP contribution in [0.3, 0.4) is 0 Å². The van der Waals surface area contributed by atoms with Gasteiger partial charge in [-0.3, -0.25) is 0 Å². The van der Waals surface area contributed by atoms with Crippen molar-refractivity contribution in [3.05, 3.63) is 425 Å². The van der Waals surface area contributed by atoms with Crippen molar-refractivity contribution < 1.29 is 95.0 Å². The summed E-state index contributed by atoms with van der Waals surface area (Å²) in [5, 5.41) is 0. The normalized spacial score (nSPS) is 19.6. The molecular weight excluding hydrogens is 1820 g/mol. The summed E-state index contributed by atoms with van der Waals surface area (Å²) >= 11 is 0. The van der Waals surface area contributed by atoms with E-state index in [-0.39, 0.29) is 48.0 Å². The highest BCUT2D eigenvalue weighted by molar-refractivity contribution is 5.95. The van der Waals surface area contributed by atoms with Gasteiger partial charge in [-0.1, -0.05) is 267 Å². The fraction of sp³-hybridized carbons (Fsp3) is 0.233. The standard InChI is InChI=1S/4C30H29NO5/c4*1-19-26-23(36-30(19)32)16-15-22-17-24(33-2)28(34-3)29(35-4)25(22)27(21-13-9-6-10-14-21)31(26)18-20-11-7-5-8-12-20/h4*5-17,23,27H,18H2,1-4H3/b4*16-15-/t4*23-,27+/m1100/s1. The average molecular weight is 1930 g/mol. The predicted octanol–water partition coefficient (Wildman–Crippen LogP) is 22.1. The van der Waals surface area contributed by atoms with Gasteiger partial charge in [-0.25, -0.2) is 19.2 Å². The van der Waals surface area contributed by atoms with Crippen LogP contribution in [0.25, 0.3) is 24.3 Å². The molecule has 8 atom stereocenters. The molecule has 12 aromatic carbocycles. The zero-order valence-corrected chi connectivity index (χ0v) is 83.4. The van der Waals surface area contributed by atoms with Crippen LogP contribution in [-0.4, -0.2) is 153 Å². The Bertz CT molecular complexity index is 6160. The number of benzene rings is 12. The average Bonchev–Trinajstić information content (AvgIpc) is 1.55. The molecule has 0 amide bonds. The summed E-state index contributed by atoms with van der Waals surface area (Å²) in [6, 6.07) is 88.4. The molecule has 0 aromatic heterocycles. The van der Waals surface area contributed by atoms with E-state index in [1.165, 1.54) is 0 Å². The Morgan fingerprint density at radius 1 is 0.222 bits per heavy atom. The highest BCUT2D eigenvalue weighted by Crippen LogP contribution is 2.57. The van der Waals surface area contributed by atoms with Crippen LogP contribution in [0.4, 0.5) is 0 Å². The molecule has 12 aromatic rings. The third kappa shape index (κ3) is 19.5. The number of rotatable bonds is 24. The van der Waals surface area contributed by atoms with Gasteiger partial charge in [0, 0.05) is 48.4 Å². The van der Waals surface area contributed by atoms with Crippen LogP contribution in [0.1, 0.15) is 141 Å². The monoisotopic (exact) mass is 1930 g/mol. The first-order chi connectivity index (χ1) is 70.3. The Morgan fingerprint density at radius 2 is 0.389 bits per heavy atom. The van der Waals surface area contributed by atoms with Gasteiger partial charge >= 0.3 is 23.9 Å². The number of ether oxygens (including phenoxy) is 16. The van der Waals surface area contributed by atoms with Crippen molar-refractivity contribution in [2.75, 3.05) is 85.3 Å². The summed E-state index contributed by atoms with van der Waals surface area (Å²) < 4.78 is 93.0. The fourth-order valence-electron chi connectivity index (χ4n) is 20.5. The minimum absolute atomic E-state index is 0.303. The number of esters is 4. The van der Waals surface area contributed by atoms with Crippen molar-refractivity contribution in [1.82, 2.24) is 19.6 Å². The lowest BCUT2D eigenvalue weighted by atomic mass is 9.88. The molecule has 8 aliphatic heterocycles. The summed E-state index contributed by atoms with van der Waals surface area (Å²) in [6.45, 7) is 9.58.